The van der Waals surface area contributed by atoms with E-state index in [1.807, 2.05) is 0 Å². The van der Waals surface area contributed by atoms with Crippen molar-refractivity contribution in [3.63, 3.8) is 0 Å². The lowest BCUT2D eigenvalue weighted by Crippen LogP contribution is -2.30. The van der Waals surface area contributed by atoms with Gasteiger partial charge in [0.2, 0.25) is 20.0 Å². The van der Waals surface area contributed by atoms with Crippen molar-refractivity contribution in [1.82, 2.24) is 9.03 Å². The van der Waals surface area contributed by atoms with Crippen molar-refractivity contribution in [2.24, 2.45) is 0 Å². The molecule has 0 aromatic heterocycles. The molecule has 2 aromatic carbocycles. The Hall–Kier alpha value is -1.88. The molecule has 0 unspecified atom stereocenters. The highest BCUT2D eigenvalue weighted by molar-refractivity contribution is 7.89. The highest BCUT2D eigenvalue weighted by Gasteiger charge is 2.24. The number of sulfonamides is 2. The van der Waals surface area contributed by atoms with Crippen LogP contribution in [-0.2, 0) is 26.6 Å². The van der Waals surface area contributed by atoms with Crippen LogP contribution in [0.4, 0.5) is 8.78 Å². The third-order valence-electron chi connectivity index (χ3n) is 3.92. The molecule has 0 heterocycles. The summed E-state index contributed by atoms with van der Waals surface area (Å²) >= 11 is 0. The zero-order valence-electron chi connectivity index (χ0n) is 14.8. The first-order valence-electron chi connectivity index (χ1n) is 8.16. The molecule has 27 heavy (non-hydrogen) atoms. The lowest BCUT2D eigenvalue weighted by Gasteiger charge is -2.18. The van der Waals surface area contributed by atoms with Gasteiger partial charge in [-0.05, 0) is 29.8 Å². The van der Waals surface area contributed by atoms with E-state index in [1.54, 1.807) is 13.8 Å². The average Bonchev–Trinajstić information content (AvgIpc) is 2.61. The maximum Gasteiger partial charge on any atom is 0.246 e. The SMILES string of the molecule is CCN(CC)S(=O)(=O)c1ccc(CNS(=O)(=O)c2c(F)cccc2F)cc1. The summed E-state index contributed by atoms with van der Waals surface area (Å²) in [7, 11) is -8.03. The molecule has 0 amide bonds. The Balaban J connectivity index is 2.18. The van der Waals surface area contributed by atoms with Crippen LogP contribution in [0.5, 0.6) is 0 Å². The number of hydrogen-bond acceptors (Lipinski definition) is 4. The van der Waals surface area contributed by atoms with Crippen molar-refractivity contribution < 1.29 is 25.6 Å². The number of nitrogens with zero attached hydrogens (tertiary/aromatic N) is 1. The van der Waals surface area contributed by atoms with E-state index in [1.165, 1.54) is 28.6 Å². The molecule has 0 saturated carbocycles. The predicted molar refractivity (Wildman–Crippen MR) is 96.9 cm³/mol. The standard InChI is InChI=1S/C17H20F2N2O4S2/c1-3-21(4-2)27(24,25)14-10-8-13(9-11-14)12-20-26(22,23)17-15(18)6-5-7-16(17)19/h5-11,20H,3-4,12H2,1-2H3. The summed E-state index contributed by atoms with van der Waals surface area (Å²) in [5.74, 6) is -2.38. The Bertz CT molecular complexity index is 983. The number of rotatable bonds is 8. The van der Waals surface area contributed by atoms with Gasteiger partial charge in [-0.1, -0.05) is 32.0 Å². The maximum atomic E-state index is 13.7. The molecule has 1 N–H and O–H groups in total. The highest BCUT2D eigenvalue weighted by atomic mass is 32.2. The van der Waals surface area contributed by atoms with E-state index in [-0.39, 0.29) is 11.4 Å². The van der Waals surface area contributed by atoms with Gasteiger partial charge in [-0.3, -0.25) is 0 Å². The van der Waals surface area contributed by atoms with E-state index < -0.39 is 36.6 Å². The van der Waals surface area contributed by atoms with Crippen LogP contribution in [0.3, 0.4) is 0 Å². The van der Waals surface area contributed by atoms with Crippen molar-refractivity contribution in [2.45, 2.75) is 30.2 Å². The molecule has 6 nitrogen and oxygen atoms in total. The normalized spacial score (nSPS) is 12.5. The summed E-state index contributed by atoms with van der Waals surface area (Å²) in [6, 6.07) is 8.38. The van der Waals surface area contributed by atoms with E-state index in [4.69, 9.17) is 0 Å². The van der Waals surface area contributed by atoms with E-state index in [2.05, 4.69) is 4.72 Å². The van der Waals surface area contributed by atoms with Crippen molar-refractivity contribution in [3.05, 3.63) is 59.7 Å². The molecule has 10 heteroatoms. The number of benzene rings is 2. The fourth-order valence-electron chi connectivity index (χ4n) is 2.48. The molecule has 2 rings (SSSR count). The van der Waals surface area contributed by atoms with Gasteiger partial charge in [0.05, 0.1) is 4.90 Å². The minimum absolute atomic E-state index is 0.0814. The number of hydrogen-bond donors (Lipinski definition) is 1. The van der Waals surface area contributed by atoms with Gasteiger partial charge < -0.3 is 0 Å². The van der Waals surface area contributed by atoms with Crippen molar-refractivity contribution in [1.29, 1.82) is 0 Å². The van der Waals surface area contributed by atoms with Crippen LogP contribution in [0.15, 0.2) is 52.3 Å². The molecule has 0 bridgehead atoms. The molecule has 148 valence electrons. The molecular formula is C17H20F2N2O4S2. The zero-order valence-corrected chi connectivity index (χ0v) is 16.4. The average molecular weight is 418 g/mol. The second-order valence-electron chi connectivity index (χ2n) is 5.61. The Morgan fingerprint density at radius 3 is 1.89 bits per heavy atom. The Labute approximate surface area is 157 Å². The van der Waals surface area contributed by atoms with Gasteiger partial charge in [0.25, 0.3) is 0 Å². The van der Waals surface area contributed by atoms with Crippen molar-refractivity contribution >= 4 is 20.0 Å². The molecule has 0 aliphatic carbocycles. The second-order valence-corrected chi connectivity index (χ2v) is 9.25. The van der Waals surface area contributed by atoms with Gasteiger partial charge in [-0.2, -0.15) is 4.31 Å². The minimum atomic E-state index is -4.41. The summed E-state index contributed by atoms with van der Waals surface area (Å²) < 4.78 is 79.9. The zero-order chi connectivity index (χ0) is 20.2. The summed E-state index contributed by atoms with van der Waals surface area (Å²) in [5, 5.41) is 0. The second kappa shape index (κ2) is 8.42. The molecule has 0 fully saturated rings. The fourth-order valence-corrected chi connectivity index (χ4v) is 5.09. The minimum Gasteiger partial charge on any atom is -0.207 e. The van der Waals surface area contributed by atoms with Gasteiger partial charge >= 0.3 is 0 Å². The Kier molecular flexibility index (Phi) is 6.68. The predicted octanol–water partition coefficient (Wildman–Crippen LogP) is 2.47. The molecule has 2 aromatic rings. The van der Waals surface area contributed by atoms with Crippen LogP contribution in [0.25, 0.3) is 0 Å². The van der Waals surface area contributed by atoms with E-state index in [0.29, 0.717) is 18.7 Å². The molecule has 0 radical (unpaired) electrons. The van der Waals surface area contributed by atoms with Gasteiger partial charge in [-0.25, -0.2) is 30.3 Å². The summed E-state index contributed by atoms with van der Waals surface area (Å²) in [6.45, 7) is 3.86. The van der Waals surface area contributed by atoms with Crippen LogP contribution >= 0.6 is 0 Å². The van der Waals surface area contributed by atoms with Crippen LogP contribution in [0, 0.1) is 11.6 Å². The first-order valence-corrected chi connectivity index (χ1v) is 11.1. The monoisotopic (exact) mass is 418 g/mol. The third kappa shape index (κ3) is 4.70. The van der Waals surface area contributed by atoms with Crippen LogP contribution in [0.1, 0.15) is 19.4 Å². The van der Waals surface area contributed by atoms with Crippen molar-refractivity contribution in [2.75, 3.05) is 13.1 Å². The molecule has 0 aliphatic heterocycles. The number of nitrogens with one attached hydrogen (secondary N) is 1. The summed E-state index contributed by atoms with van der Waals surface area (Å²) in [5.41, 5.74) is 0.439. The van der Waals surface area contributed by atoms with Crippen LogP contribution in [0.2, 0.25) is 0 Å². The molecule has 0 atom stereocenters. The Morgan fingerprint density at radius 2 is 1.41 bits per heavy atom. The number of halogens is 2. The van der Waals surface area contributed by atoms with E-state index in [9.17, 15) is 25.6 Å². The van der Waals surface area contributed by atoms with Gasteiger partial charge in [0.15, 0.2) is 4.90 Å². The van der Waals surface area contributed by atoms with E-state index in [0.717, 1.165) is 18.2 Å². The summed E-state index contributed by atoms with van der Waals surface area (Å²) in [4.78, 5) is -0.969. The third-order valence-corrected chi connectivity index (χ3v) is 7.44. The van der Waals surface area contributed by atoms with Gasteiger partial charge in [-0.15, -0.1) is 0 Å². The first kappa shape index (κ1) is 21.4. The van der Waals surface area contributed by atoms with Gasteiger partial charge in [0.1, 0.15) is 11.6 Å². The van der Waals surface area contributed by atoms with Crippen LogP contribution < -0.4 is 4.72 Å². The molecule has 0 saturated heterocycles. The lowest BCUT2D eigenvalue weighted by molar-refractivity contribution is 0.445. The first-order chi connectivity index (χ1) is 12.6. The van der Waals surface area contributed by atoms with E-state index >= 15 is 0 Å². The van der Waals surface area contributed by atoms with Gasteiger partial charge in [0, 0.05) is 19.6 Å². The Morgan fingerprint density at radius 1 is 0.889 bits per heavy atom. The van der Waals surface area contributed by atoms with Crippen LogP contribution in [-0.4, -0.2) is 34.2 Å². The lowest BCUT2D eigenvalue weighted by atomic mass is 10.2. The molecule has 0 spiro atoms. The fraction of sp³-hybridized carbons (Fsp3) is 0.294. The topological polar surface area (TPSA) is 83.6 Å². The van der Waals surface area contributed by atoms with Crippen molar-refractivity contribution in [3.8, 4) is 0 Å². The maximum absolute atomic E-state index is 13.7. The smallest absolute Gasteiger partial charge is 0.207 e. The quantitative estimate of drug-likeness (QED) is 0.714. The highest BCUT2D eigenvalue weighted by Crippen LogP contribution is 2.19. The largest absolute Gasteiger partial charge is 0.246 e. The molecular weight excluding hydrogens is 398 g/mol. The molecule has 0 aliphatic rings. The summed E-state index contributed by atoms with van der Waals surface area (Å²) in [6.07, 6.45) is 0.